The number of hydrogen-bond acceptors (Lipinski definition) is 3. The third kappa shape index (κ3) is 1.43. The fourth-order valence-electron chi connectivity index (χ4n) is 1.86. The number of rotatable bonds is 2. The fraction of sp³-hybridized carbons (Fsp3) is 0.250. The minimum absolute atomic E-state index is 0.317. The largest absolute Gasteiger partial charge is 0.478 e. The zero-order chi connectivity index (χ0) is 11.1. The van der Waals surface area contributed by atoms with Gasteiger partial charge in [0.1, 0.15) is 0 Å². The first kappa shape index (κ1) is 9.27. The van der Waals surface area contributed by atoms with Gasteiger partial charge in [0.25, 0.3) is 0 Å². The van der Waals surface area contributed by atoms with Gasteiger partial charge in [-0.15, -0.1) is 0 Å². The predicted octanol–water partition coefficient (Wildman–Crippen LogP) is 2.21. The van der Waals surface area contributed by atoms with E-state index >= 15 is 0 Å². The van der Waals surface area contributed by atoms with E-state index in [-0.39, 0.29) is 0 Å². The molecule has 16 heavy (non-hydrogen) atoms. The summed E-state index contributed by atoms with van der Waals surface area (Å²) in [5.74, 6) is -0.586. The maximum Gasteiger partial charge on any atom is 0.337 e. The Balaban J connectivity index is 2.28. The van der Waals surface area contributed by atoms with Gasteiger partial charge in [-0.25, -0.2) is 14.8 Å². The summed E-state index contributed by atoms with van der Waals surface area (Å²) < 4.78 is 0. The van der Waals surface area contributed by atoms with Crippen LogP contribution in [0, 0.1) is 0 Å². The Morgan fingerprint density at radius 2 is 2.25 bits per heavy atom. The summed E-state index contributed by atoms with van der Waals surface area (Å²) in [5, 5.41) is 9.92. The van der Waals surface area contributed by atoms with E-state index < -0.39 is 5.97 Å². The highest BCUT2D eigenvalue weighted by molar-refractivity contribution is 5.93. The molecule has 1 aliphatic carbocycles. The van der Waals surface area contributed by atoms with E-state index in [4.69, 9.17) is 5.11 Å². The number of pyridine rings is 2. The molecule has 1 N–H and O–H groups in total. The fourth-order valence-corrected chi connectivity index (χ4v) is 1.86. The first-order chi connectivity index (χ1) is 7.75. The minimum atomic E-state index is -0.903. The molecule has 4 heteroatoms. The molecule has 3 rings (SSSR count). The van der Waals surface area contributed by atoms with Crippen molar-refractivity contribution in [1.29, 1.82) is 0 Å². The van der Waals surface area contributed by atoms with Crippen LogP contribution in [0.2, 0.25) is 0 Å². The van der Waals surface area contributed by atoms with Crippen molar-refractivity contribution in [3.8, 4) is 0 Å². The lowest BCUT2D eigenvalue weighted by atomic mass is 10.1. The number of aromatic nitrogens is 2. The van der Waals surface area contributed by atoms with Gasteiger partial charge in [0, 0.05) is 17.5 Å². The summed E-state index contributed by atoms with van der Waals surface area (Å²) in [7, 11) is 0. The van der Waals surface area contributed by atoms with Crippen LogP contribution in [0.5, 0.6) is 0 Å². The molecule has 0 radical (unpaired) electrons. The van der Waals surface area contributed by atoms with Crippen molar-refractivity contribution in [2.24, 2.45) is 0 Å². The lowest BCUT2D eigenvalue weighted by molar-refractivity contribution is 0.0695. The Bertz CT molecular complexity index is 576. The second kappa shape index (κ2) is 3.27. The number of carbonyl (C=O) groups is 1. The highest BCUT2D eigenvalue weighted by atomic mass is 16.4. The summed E-state index contributed by atoms with van der Waals surface area (Å²) in [6.07, 6.45) is 3.74. The molecule has 2 aromatic rings. The number of nitrogens with zero attached hydrogens (tertiary/aromatic N) is 2. The van der Waals surface area contributed by atoms with Crippen molar-refractivity contribution in [2.75, 3.05) is 0 Å². The molecular weight excluding hydrogens is 204 g/mol. The summed E-state index contributed by atoms with van der Waals surface area (Å²) in [5.41, 5.74) is 1.65. The molecule has 2 heterocycles. The van der Waals surface area contributed by atoms with Crippen LogP contribution in [-0.4, -0.2) is 21.0 Å². The smallest absolute Gasteiger partial charge is 0.337 e. The normalized spacial score (nSPS) is 15.2. The van der Waals surface area contributed by atoms with Crippen LogP contribution >= 0.6 is 0 Å². The molecule has 80 valence electrons. The second-order valence-electron chi connectivity index (χ2n) is 4.05. The SMILES string of the molecule is O=C(O)c1cc2cccnc2nc1C1CC1. The standard InChI is InChI=1S/C12H10N2O2/c15-12(16)9-6-8-2-1-5-13-11(8)14-10(9)7-3-4-7/h1-2,5-7H,3-4H2,(H,15,16). The lowest BCUT2D eigenvalue weighted by Crippen LogP contribution is -2.04. The lowest BCUT2D eigenvalue weighted by Gasteiger charge is -2.05. The molecular formula is C12H10N2O2. The zero-order valence-corrected chi connectivity index (χ0v) is 8.55. The number of aromatic carboxylic acids is 1. The summed E-state index contributed by atoms with van der Waals surface area (Å²) in [4.78, 5) is 19.7. The summed E-state index contributed by atoms with van der Waals surface area (Å²) in [6.45, 7) is 0. The quantitative estimate of drug-likeness (QED) is 0.832. The number of carboxylic acid groups (broad SMARTS) is 1. The molecule has 0 spiro atoms. The molecule has 1 aliphatic rings. The Morgan fingerprint density at radius 3 is 2.94 bits per heavy atom. The van der Waals surface area contributed by atoms with Gasteiger partial charge in [-0.3, -0.25) is 0 Å². The van der Waals surface area contributed by atoms with Gasteiger partial charge in [-0.05, 0) is 31.0 Å². The predicted molar refractivity (Wildman–Crippen MR) is 58.5 cm³/mol. The van der Waals surface area contributed by atoms with Gasteiger partial charge in [-0.2, -0.15) is 0 Å². The van der Waals surface area contributed by atoms with Gasteiger partial charge in [0.05, 0.1) is 11.3 Å². The van der Waals surface area contributed by atoms with Crippen LogP contribution in [-0.2, 0) is 0 Å². The minimum Gasteiger partial charge on any atom is -0.478 e. The van der Waals surface area contributed by atoms with Gasteiger partial charge in [-0.1, -0.05) is 0 Å². The van der Waals surface area contributed by atoms with Gasteiger partial charge < -0.3 is 5.11 Å². The van der Waals surface area contributed by atoms with Crippen LogP contribution in [0.25, 0.3) is 11.0 Å². The Kier molecular flexibility index (Phi) is 1.89. The van der Waals surface area contributed by atoms with E-state index in [1.807, 2.05) is 6.07 Å². The summed E-state index contributed by atoms with van der Waals surface area (Å²) in [6, 6.07) is 5.29. The van der Waals surface area contributed by atoms with E-state index in [0.717, 1.165) is 18.2 Å². The van der Waals surface area contributed by atoms with E-state index in [1.54, 1.807) is 18.3 Å². The van der Waals surface area contributed by atoms with E-state index in [0.29, 0.717) is 22.8 Å². The maximum atomic E-state index is 11.1. The molecule has 0 aromatic carbocycles. The van der Waals surface area contributed by atoms with E-state index in [2.05, 4.69) is 9.97 Å². The first-order valence-electron chi connectivity index (χ1n) is 5.24. The molecule has 0 amide bonds. The van der Waals surface area contributed by atoms with Crippen molar-refractivity contribution < 1.29 is 9.90 Å². The summed E-state index contributed by atoms with van der Waals surface area (Å²) >= 11 is 0. The monoisotopic (exact) mass is 214 g/mol. The van der Waals surface area contributed by atoms with Crippen molar-refractivity contribution in [3.63, 3.8) is 0 Å². The molecule has 1 fully saturated rings. The highest BCUT2D eigenvalue weighted by Gasteiger charge is 2.30. The van der Waals surface area contributed by atoms with E-state index in [9.17, 15) is 4.79 Å². The molecule has 2 aromatic heterocycles. The van der Waals surface area contributed by atoms with Gasteiger partial charge in [0.2, 0.25) is 0 Å². The van der Waals surface area contributed by atoms with Crippen LogP contribution in [0.15, 0.2) is 24.4 Å². The van der Waals surface area contributed by atoms with Crippen LogP contribution < -0.4 is 0 Å². The number of carboxylic acids is 1. The van der Waals surface area contributed by atoms with Gasteiger partial charge in [0.15, 0.2) is 5.65 Å². The van der Waals surface area contributed by atoms with E-state index in [1.165, 1.54) is 0 Å². The van der Waals surface area contributed by atoms with Gasteiger partial charge >= 0.3 is 5.97 Å². The van der Waals surface area contributed by atoms with Crippen LogP contribution in [0.1, 0.15) is 34.8 Å². The molecule has 0 bridgehead atoms. The topological polar surface area (TPSA) is 63.1 Å². The average Bonchev–Trinajstić information content (AvgIpc) is 3.11. The Hall–Kier alpha value is -1.97. The third-order valence-electron chi connectivity index (χ3n) is 2.81. The Morgan fingerprint density at radius 1 is 1.44 bits per heavy atom. The zero-order valence-electron chi connectivity index (χ0n) is 8.55. The first-order valence-corrected chi connectivity index (χ1v) is 5.24. The van der Waals surface area contributed by atoms with Crippen molar-refractivity contribution in [2.45, 2.75) is 18.8 Å². The van der Waals surface area contributed by atoms with Crippen molar-refractivity contribution >= 4 is 17.0 Å². The molecule has 0 unspecified atom stereocenters. The Labute approximate surface area is 92.0 Å². The maximum absolute atomic E-state index is 11.1. The molecule has 1 saturated carbocycles. The third-order valence-corrected chi connectivity index (χ3v) is 2.81. The molecule has 0 atom stereocenters. The van der Waals surface area contributed by atoms with Crippen molar-refractivity contribution in [3.05, 3.63) is 35.7 Å². The van der Waals surface area contributed by atoms with Crippen LogP contribution in [0.4, 0.5) is 0 Å². The second-order valence-corrected chi connectivity index (χ2v) is 4.05. The number of hydrogen-bond donors (Lipinski definition) is 1. The highest BCUT2D eigenvalue weighted by Crippen LogP contribution is 2.41. The molecule has 0 saturated heterocycles. The van der Waals surface area contributed by atoms with Crippen molar-refractivity contribution in [1.82, 2.24) is 9.97 Å². The number of fused-ring (bicyclic) bond motifs is 1. The molecule has 0 aliphatic heterocycles. The molecule has 4 nitrogen and oxygen atoms in total. The average molecular weight is 214 g/mol. The van der Waals surface area contributed by atoms with Crippen LogP contribution in [0.3, 0.4) is 0 Å².